The van der Waals surface area contributed by atoms with Gasteiger partial charge in [0, 0.05) is 95.8 Å². The molecule has 480 valence electrons. The van der Waals surface area contributed by atoms with Gasteiger partial charge in [0.15, 0.2) is 0 Å². The first kappa shape index (κ1) is 64.1. The van der Waals surface area contributed by atoms with Crippen LogP contribution in [0.25, 0.3) is 0 Å². The lowest BCUT2D eigenvalue weighted by Crippen LogP contribution is -2.35. The average molecular weight is 1280 g/mol. The minimum atomic E-state index is 0.325. The Morgan fingerprint density at radius 3 is 1.13 bits per heavy atom. The van der Waals surface area contributed by atoms with Gasteiger partial charge in [-0.25, -0.2) is 0 Å². The van der Waals surface area contributed by atoms with Crippen LogP contribution in [-0.4, -0.2) is 147 Å². The molecule has 0 N–H and O–H groups in total. The Morgan fingerprint density at radius 1 is 0.333 bits per heavy atom. The van der Waals surface area contributed by atoms with E-state index in [1.165, 1.54) is 205 Å². The summed E-state index contributed by atoms with van der Waals surface area (Å²) in [6, 6.07) is 47.2. The van der Waals surface area contributed by atoms with Crippen molar-refractivity contribution >= 4 is 34.8 Å². The Kier molecular flexibility index (Phi) is 22.4. The van der Waals surface area contributed by atoms with Crippen LogP contribution in [0.4, 0.5) is 0 Å². The second-order valence-electron chi connectivity index (χ2n) is 27.4. The van der Waals surface area contributed by atoms with Crippen molar-refractivity contribution < 1.29 is 14.2 Å². The second kappa shape index (κ2) is 31.5. The molecule has 0 unspecified atom stereocenters. The fraction of sp³-hybridized carbons (Fsp3) is 0.538. The number of halogens is 3. The molecule has 0 aliphatic carbocycles. The first-order valence-corrected chi connectivity index (χ1v) is 36.4. The van der Waals surface area contributed by atoms with Gasteiger partial charge in [0.2, 0.25) is 0 Å². The van der Waals surface area contributed by atoms with E-state index in [0.717, 1.165) is 111 Å². The Morgan fingerprint density at radius 2 is 0.711 bits per heavy atom. The largest absolute Gasteiger partial charge is 0.494 e. The first-order chi connectivity index (χ1) is 44.3. The number of rotatable bonds is 18. The van der Waals surface area contributed by atoms with E-state index < -0.39 is 0 Å². The van der Waals surface area contributed by atoms with Crippen LogP contribution in [0, 0.1) is 0 Å². The topological polar surface area (TPSA) is 47.1 Å². The van der Waals surface area contributed by atoms with Crippen molar-refractivity contribution in [3.05, 3.63) is 193 Å². The van der Waals surface area contributed by atoms with Gasteiger partial charge in [0.25, 0.3) is 0 Å². The molecular weight excluding hydrogens is 1180 g/mol. The van der Waals surface area contributed by atoms with Gasteiger partial charge >= 0.3 is 0 Å². The third kappa shape index (κ3) is 15.9. The minimum absolute atomic E-state index is 0.325. The molecule has 6 fully saturated rings. The van der Waals surface area contributed by atoms with E-state index >= 15 is 0 Å². The molecule has 9 aliphatic heterocycles. The van der Waals surface area contributed by atoms with Crippen LogP contribution < -0.4 is 14.2 Å². The quantitative estimate of drug-likeness (QED) is 0.0783. The van der Waals surface area contributed by atoms with E-state index in [2.05, 4.69) is 139 Å². The lowest BCUT2D eigenvalue weighted by atomic mass is 9.81. The zero-order valence-corrected chi connectivity index (χ0v) is 55.9. The van der Waals surface area contributed by atoms with Crippen LogP contribution in [0.15, 0.2) is 127 Å². The summed E-state index contributed by atoms with van der Waals surface area (Å²) in [6.45, 7) is 20.3. The molecule has 6 aromatic carbocycles. The average Bonchev–Trinajstić information content (AvgIpc) is 1.37. The summed E-state index contributed by atoms with van der Waals surface area (Å²) in [4.78, 5) is 15.8. The molecule has 6 saturated heterocycles. The van der Waals surface area contributed by atoms with Crippen LogP contribution in [0.1, 0.15) is 202 Å². The summed E-state index contributed by atoms with van der Waals surface area (Å²) in [7, 11) is 0. The number of fused-ring (bicyclic) bond motifs is 9. The van der Waals surface area contributed by atoms with E-state index in [4.69, 9.17) is 49.0 Å². The third-order valence-corrected chi connectivity index (χ3v) is 22.2. The lowest BCUT2D eigenvalue weighted by molar-refractivity contribution is 0.200. The molecule has 6 atom stereocenters. The SMILES string of the molecule is Clc1cccc([C@@H]2CN3CCC[C@H]3c3cc(OCCCN4CCCCC4)ccc32)c1.Clc1cccc([C@@H]2CN3CCC[C@H]3c3cccc(OCCCN4CCCCC4)c32)c1.Clc1cccc([C@H]2CN3CCC[C@H]3c3cc(OCCCN4CCCCC4)ccc32)c1. The van der Waals surface area contributed by atoms with Gasteiger partial charge in [-0.15, -0.1) is 0 Å². The predicted octanol–water partition coefficient (Wildman–Crippen LogP) is 17.6. The zero-order chi connectivity index (χ0) is 61.0. The van der Waals surface area contributed by atoms with Crippen molar-refractivity contribution in [1.29, 1.82) is 0 Å². The standard InChI is InChI=1S/3C26H33ClN2O/c27-21-9-4-8-20(18-21)23-19-29-16-6-11-24(29)22-10-5-12-25(26(22)23)30-17-7-15-28-13-2-1-3-14-28;2*27-21-8-4-7-20(17-21)25-19-29-15-5-9-26(29)24-18-22(10-11-23(24)25)30-16-6-14-28-12-2-1-3-13-28/h4-5,8-10,12,18,23-24H,1-3,6-7,11,13-17,19H2;2*4,7-8,10-11,17-18,25-26H,1-3,5-6,9,12-16,19H2/t23-,24-;25-,26+;25-,26-/m010/s1. The highest BCUT2D eigenvalue weighted by Crippen LogP contribution is 2.50. The van der Waals surface area contributed by atoms with Crippen LogP contribution in [0.5, 0.6) is 17.2 Å². The highest BCUT2D eigenvalue weighted by Gasteiger charge is 2.40. The molecule has 90 heavy (non-hydrogen) atoms. The van der Waals surface area contributed by atoms with Gasteiger partial charge in [-0.05, 0) is 266 Å². The van der Waals surface area contributed by atoms with Gasteiger partial charge in [0.05, 0.1) is 19.8 Å². The molecule has 0 bridgehead atoms. The van der Waals surface area contributed by atoms with E-state index in [1.54, 1.807) is 0 Å². The maximum absolute atomic E-state index is 6.45. The second-order valence-corrected chi connectivity index (χ2v) is 28.7. The molecule has 9 aliphatic rings. The third-order valence-electron chi connectivity index (χ3n) is 21.5. The summed E-state index contributed by atoms with van der Waals surface area (Å²) in [5.74, 6) is 4.26. The van der Waals surface area contributed by atoms with Gasteiger partial charge in [0.1, 0.15) is 17.2 Å². The number of benzene rings is 6. The number of piperidine rings is 3. The summed E-state index contributed by atoms with van der Waals surface area (Å²) in [5.41, 5.74) is 12.7. The van der Waals surface area contributed by atoms with E-state index in [0.29, 0.717) is 35.9 Å². The Hall–Kier alpha value is -4.65. The number of hydrogen-bond acceptors (Lipinski definition) is 9. The summed E-state index contributed by atoms with van der Waals surface area (Å²) >= 11 is 19.0. The normalized spacial score (nSPS) is 24.4. The molecular formula is C78H99Cl3N6O3. The molecule has 12 heteroatoms. The predicted molar refractivity (Wildman–Crippen MR) is 371 cm³/mol. The lowest BCUT2D eigenvalue weighted by Gasteiger charge is -2.38. The fourth-order valence-electron chi connectivity index (χ4n) is 17.0. The molecule has 15 rings (SSSR count). The smallest absolute Gasteiger partial charge is 0.123 e. The Bertz CT molecular complexity index is 3110. The highest BCUT2D eigenvalue weighted by molar-refractivity contribution is 6.31. The fourth-order valence-corrected chi connectivity index (χ4v) is 17.6. The maximum atomic E-state index is 6.45. The summed E-state index contributed by atoms with van der Waals surface area (Å²) in [6.07, 6.45) is 23.3. The number of likely N-dealkylation sites (tertiary alicyclic amines) is 3. The van der Waals surface area contributed by atoms with Gasteiger partial charge in [-0.2, -0.15) is 0 Å². The Labute approximate surface area is 554 Å². The number of hydrogen-bond donors (Lipinski definition) is 0. The molecule has 0 spiro atoms. The van der Waals surface area contributed by atoms with Crippen molar-refractivity contribution in [3.8, 4) is 17.2 Å². The molecule has 0 radical (unpaired) electrons. The van der Waals surface area contributed by atoms with Crippen molar-refractivity contribution in [2.75, 3.05) is 118 Å². The van der Waals surface area contributed by atoms with Crippen molar-refractivity contribution in [2.24, 2.45) is 0 Å². The van der Waals surface area contributed by atoms with Gasteiger partial charge < -0.3 is 28.9 Å². The monoisotopic (exact) mass is 1270 g/mol. The molecule has 9 heterocycles. The van der Waals surface area contributed by atoms with Gasteiger partial charge in [-0.3, -0.25) is 14.7 Å². The van der Waals surface area contributed by atoms with Crippen LogP contribution in [0.3, 0.4) is 0 Å². The Balaban J connectivity index is 0.000000124. The number of ether oxygens (including phenoxy) is 3. The molecule has 6 aromatic rings. The molecule has 0 saturated carbocycles. The maximum Gasteiger partial charge on any atom is 0.123 e. The van der Waals surface area contributed by atoms with Crippen LogP contribution in [0.2, 0.25) is 15.1 Å². The van der Waals surface area contributed by atoms with E-state index in [9.17, 15) is 0 Å². The highest BCUT2D eigenvalue weighted by atomic mass is 35.5. The van der Waals surface area contributed by atoms with Crippen molar-refractivity contribution in [3.63, 3.8) is 0 Å². The summed E-state index contributed by atoms with van der Waals surface area (Å²) < 4.78 is 18.9. The van der Waals surface area contributed by atoms with Crippen LogP contribution >= 0.6 is 34.8 Å². The zero-order valence-electron chi connectivity index (χ0n) is 53.6. The van der Waals surface area contributed by atoms with E-state index in [-0.39, 0.29) is 0 Å². The minimum Gasteiger partial charge on any atom is -0.494 e. The van der Waals surface area contributed by atoms with Crippen LogP contribution in [-0.2, 0) is 0 Å². The van der Waals surface area contributed by atoms with Crippen molar-refractivity contribution in [2.45, 2.75) is 151 Å². The first-order valence-electron chi connectivity index (χ1n) is 35.3. The van der Waals surface area contributed by atoms with E-state index in [1.807, 2.05) is 18.2 Å². The molecule has 0 aromatic heterocycles. The van der Waals surface area contributed by atoms with Crippen molar-refractivity contribution in [1.82, 2.24) is 29.4 Å². The van der Waals surface area contributed by atoms with Gasteiger partial charge in [-0.1, -0.05) is 115 Å². The molecule has 0 amide bonds. The molecule has 9 nitrogen and oxygen atoms in total. The number of nitrogens with zero attached hydrogens (tertiary/aromatic N) is 6. The summed E-state index contributed by atoms with van der Waals surface area (Å²) in [5, 5.41) is 2.47.